The second-order valence-electron chi connectivity index (χ2n) is 3.20. The van der Waals surface area contributed by atoms with E-state index in [1.54, 1.807) is 6.08 Å². The minimum atomic E-state index is -0.105. The van der Waals surface area contributed by atoms with Gasteiger partial charge in [-0.3, -0.25) is 4.79 Å². The number of hydrogen-bond donors (Lipinski definition) is 0. The van der Waals surface area contributed by atoms with Crippen molar-refractivity contribution < 1.29 is 4.79 Å². The van der Waals surface area contributed by atoms with E-state index in [1.807, 2.05) is 31.2 Å². The van der Waals surface area contributed by atoms with Crippen LogP contribution in [0, 0.1) is 0 Å². The lowest BCUT2D eigenvalue weighted by molar-refractivity contribution is -0.115. The predicted octanol–water partition coefficient (Wildman–Crippen LogP) is 3.19. The van der Waals surface area contributed by atoms with E-state index < -0.39 is 0 Å². The lowest BCUT2D eigenvalue weighted by Crippen LogP contribution is -2.05. The number of carbonyl (C=O) groups is 1. The van der Waals surface area contributed by atoms with Crippen LogP contribution in [0.25, 0.3) is 6.08 Å². The molecular formula is C13H14O. The van der Waals surface area contributed by atoms with Gasteiger partial charge in [-0.05, 0) is 17.2 Å². The number of hydrogen-bond acceptors (Lipinski definition) is 1. The van der Waals surface area contributed by atoms with Gasteiger partial charge >= 0.3 is 0 Å². The first-order chi connectivity index (χ1) is 6.69. The number of rotatable bonds is 4. The van der Waals surface area contributed by atoms with E-state index in [2.05, 4.69) is 13.2 Å². The third kappa shape index (κ3) is 2.19. The monoisotopic (exact) mass is 186 g/mol. The summed E-state index contributed by atoms with van der Waals surface area (Å²) in [7, 11) is 0. The Hall–Kier alpha value is -1.63. The summed E-state index contributed by atoms with van der Waals surface area (Å²) in [5.41, 5.74) is 2.08. The molecule has 0 amide bonds. The van der Waals surface area contributed by atoms with E-state index in [-0.39, 0.29) is 11.7 Å². The van der Waals surface area contributed by atoms with Crippen molar-refractivity contribution >= 4 is 11.9 Å². The number of ketones is 1. The van der Waals surface area contributed by atoms with Crippen molar-refractivity contribution in [2.24, 2.45) is 0 Å². The fraction of sp³-hybridized carbons (Fsp3) is 0.154. The second kappa shape index (κ2) is 4.56. The Morgan fingerprint density at radius 2 is 1.86 bits per heavy atom. The van der Waals surface area contributed by atoms with Crippen LogP contribution in [-0.4, -0.2) is 5.78 Å². The SMILES string of the molecule is C=CC(=O)C(C)c1ccc(C=C)cc1. The molecule has 1 nitrogen and oxygen atoms in total. The standard InChI is InChI=1S/C13H14O/c1-4-11-6-8-12(9-7-11)10(3)13(14)5-2/h4-10H,1-2H2,3H3. The topological polar surface area (TPSA) is 17.1 Å². The zero-order valence-corrected chi connectivity index (χ0v) is 8.36. The highest BCUT2D eigenvalue weighted by molar-refractivity contribution is 5.94. The van der Waals surface area contributed by atoms with Gasteiger partial charge in [0.1, 0.15) is 0 Å². The van der Waals surface area contributed by atoms with Crippen molar-refractivity contribution in [2.45, 2.75) is 12.8 Å². The van der Waals surface area contributed by atoms with Crippen LogP contribution in [0.3, 0.4) is 0 Å². The Balaban J connectivity index is 2.91. The third-order valence-electron chi connectivity index (χ3n) is 2.30. The van der Waals surface area contributed by atoms with Gasteiger partial charge in [0.2, 0.25) is 0 Å². The summed E-state index contributed by atoms with van der Waals surface area (Å²) in [4.78, 5) is 11.3. The summed E-state index contributed by atoms with van der Waals surface area (Å²) in [6.45, 7) is 9.03. The molecule has 0 saturated carbocycles. The van der Waals surface area contributed by atoms with E-state index in [1.165, 1.54) is 6.08 Å². The van der Waals surface area contributed by atoms with Crippen molar-refractivity contribution in [3.05, 3.63) is 54.6 Å². The maximum atomic E-state index is 11.3. The first kappa shape index (κ1) is 10.5. The Morgan fingerprint density at radius 1 is 1.29 bits per heavy atom. The average Bonchev–Trinajstić information content (AvgIpc) is 2.27. The molecule has 1 aromatic carbocycles. The maximum absolute atomic E-state index is 11.3. The highest BCUT2D eigenvalue weighted by Crippen LogP contribution is 2.17. The minimum absolute atomic E-state index is 0.0522. The molecule has 14 heavy (non-hydrogen) atoms. The van der Waals surface area contributed by atoms with E-state index in [4.69, 9.17) is 0 Å². The first-order valence-corrected chi connectivity index (χ1v) is 4.57. The summed E-state index contributed by atoms with van der Waals surface area (Å²) in [6.07, 6.45) is 3.15. The molecule has 72 valence electrons. The molecule has 1 unspecified atom stereocenters. The van der Waals surface area contributed by atoms with Crippen molar-refractivity contribution in [1.29, 1.82) is 0 Å². The summed E-state index contributed by atoms with van der Waals surface area (Å²) in [6, 6.07) is 7.80. The molecule has 0 saturated heterocycles. The van der Waals surface area contributed by atoms with Gasteiger partial charge < -0.3 is 0 Å². The van der Waals surface area contributed by atoms with Gasteiger partial charge in [0.05, 0.1) is 0 Å². The Bertz CT molecular complexity index is 346. The molecule has 0 heterocycles. The maximum Gasteiger partial charge on any atom is 0.162 e. The lowest BCUT2D eigenvalue weighted by Gasteiger charge is -2.07. The molecule has 1 heteroatoms. The molecule has 0 aliphatic rings. The Morgan fingerprint density at radius 3 is 2.29 bits per heavy atom. The van der Waals surface area contributed by atoms with Gasteiger partial charge in [-0.15, -0.1) is 0 Å². The van der Waals surface area contributed by atoms with Crippen LogP contribution in [0.2, 0.25) is 0 Å². The predicted molar refractivity (Wildman–Crippen MR) is 60.2 cm³/mol. The summed E-state index contributed by atoms with van der Waals surface area (Å²) in [5, 5.41) is 0. The fourth-order valence-corrected chi connectivity index (χ4v) is 1.26. The van der Waals surface area contributed by atoms with Crippen LogP contribution in [0.1, 0.15) is 24.0 Å². The smallest absolute Gasteiger partial charge is 0.162 e. The number of allylic oxidation sites excluding steroid dienone is 1. The van der Waals surface area contributed by atoms with Crippen LogP contribution in [0.15, 0.2) is 43.5 Å². The van der Waals surface area contributed by atoms with Gasteiger partial charge in [0.15, 0.2) is 5.78 Å². The first-order valence-electron chi connectivity index (χ1n) is 4.57. The second-order valence-corrected chi connectivity index (χ2v) is 3.20. The van der Waals surface area contributed by atoms with Crippen molar-refractivity contribution in [2.75, 3.05) is 0 Å². The fourth-order valence-electron chi connectivity index (χ4n) is 1.26. The zero-order valence-electron chi connectivity index (χ0n) is 8.36. The molecule has 1 aromatic rings. The molecule has 1 rings (SSSR count). The van der Waals surface area contributed by atoms with Crippen LogP contribution in [0.5, 0.6) is 0 Å². The molecular weight excluding hydrogens is 172 g/mol. The number of carbonyl (C=O) groups excluding carboxylic acids is 1. The largest absolute Gasteiger partial charge is 0.294 e. The van der Waals surface area contributed by atoms with Gasteiger partial charge in [-0.2, -0.15) is 0 Å². The average molecular weight is 186 g/mol. The molecule has 0 spiro atoms. The molecule has 1 atom stereocenters. The summed E-state index contributed by atoms with van der Waals surface area (Å²) >= 11 is 0. The van der Waals surface area contributed by atoms with Gasteiger partial charge in [0, 0.05) is 5.92 Å². The molecule has 0 aromatic heterocycles. The summed E-state index contributed by atoms with van der Waals surface area (Å²) in [5.74, 6) is -0.0530. The van der Waals surface area contributed by atoms with Gasteiger partial charge in [0.25, 0.3) is 0 Å². The molecule has 0 N–H and O–H groups in total. The molecule has 0 radical (unpaired) electrons. The van der Waals surface area contributed by atoms with E-state index in [0.717, 1.165) is 11.1 Å². The quantitative estimate of drug-likeness (QED) is 0.660. The summed E-state index contributed by atoms with van der Waals surface area (Å²) < 4.78 is 0. The van der Waals surface area contributed by atoms with E-state index in [0.29, 0.717) is 0 Å². The molecule has 0 aliphatic heterocycles. The minimum Gasteiger partial charge on any atom is -0.294 e. The van der Waals surface area contributed by atoms with Crippen molar-refractivity contribution in [3.8, 4) is 0 Å². The van der Waals surface area contributed by atoms with Crippen LogP contribution >= 0.6 is 0 Å². The van der Waals surface area contributed by atoms with Gasteiger partial charge in [-0.25, -0.2) is 0 Å². The lowest BCUT2D eigenvalue weighted by atomic mass is 9.96. The molecule has 0 fully saturated rings. The van der Waals surface area contributed by atoms with Crippen LogP contribution in [-0.2, 0) is 4.79 Å². The number of benzene rings is 1. The normalized spacial score (nSPS) is 11.8. The van der Waals surface area contributed by atoms with Crippen LogP contribution < -0.4 is 0 Å². The Kier molecular flexibility index (Phi) is 3.41. The van der Waals surface area contributed by atoms with E-state index >= 15 is 0 Å². The zero-order chi connectivity index (χ0) is 10.6. The molecule has 0 aliphatic carbocycles. The van der Waals surface area contributed by atoms with Crippen molar-refractivity contribution in [1.82, 2.24) is 0 Å². The van der Waals surface area contributed by atoms with Gasteiger partial charge in [-0.1, -0.05) is 50.4 Å². The molecule has 0 bridgehead atoms. The van der Waals surface area contributed by atoms with Crippen LogP contribution in [0.4, 0.5) is 0 Å². The third-order valence-corrected chi connectivity index (χ3v) is 2.30. The van der Waals surface area contributed by atoms with Crippen molar-refractivity contribution in [3.63, 3.8) is 0 Å². The highest BCUT2D eigenvalue weighted by atomic mass is 16.1. The highest BCUT2D eigenvalue weighted by Gasteiger charge is 2.10. The van der Waals surface area contributed by atoms with E-state index in [9.17, 15) is 4.79 Å². The Labute approximate surface area is 84.8 Å².